The highest BCUT2D eigenvalue weighted by atomic mass is 16.2. The summed E-state index contributed by atoms with van der Waals surface area (Å²) in [6.45, 7) is 3.68. The van der Waals surface area contributed by atoms with Crippen molar-refractivity contribution >= 4 is 11.6 Å². The van der Waals surface area contributed by atoms with Crippen LogP contribution in [0, 0.1) is 0 Å². The van der Waals surface area contributed by atoms with Crippen molar-refractivity contribution < 1.29 is 4.79 Å². The van der Waals surface area contributed by atoms with Crippen molar-refractivity contribution in [3.63, 3.8) is 0 Å². The molecular weight excluding hydrogens is 140 g/mol. The van der Waals surface area contributed by atoms with E-state index < -0.39 is 0 Å². The number of likely N-dealkylation sites (N-methyl/N-ethyl adjacent to an activating group) is 1. The SMILES string of the molecule is CC1=NC=CC(C)N(C)C1=O. The van der Waals surface area contributed by atoms with Crippen molar-refractivity contribution in [3.05, 3.63) is 12.3 Å². The van der Waals surface area contributed by atoms with Gasteiger partial charge in [-0.2, -0.15) is 0 Å². The summed E-state index contributed by atoms with van der Waals surface area (Å²) in [6, 6.07) is 0.142. The normalized spacial score (nSPS) is 25.0. The van der Waals surface area contributed by atoms with E-state index in [1.807, 2.05) is 13.0 Å². The largest absolute Gasteiger partial charge is 0.334 e. The van der Waals surface area contributed by atoms with Crippen molar-refractivity contribution in [2.45, 2.75) is 19.9 Å². The quantitative estimate of drug-likeness (QED) is 0.506. The molecular formula is C8H12N2O. The number of hydrogen-bond donors (Lipinski definition) is 0. The number of aliphatic imine (C=N–C) groups is 1. The molecule has 0 radical (unpaired) electrons. The van der Waals surface area contributed by atoms with Gasteiger partial charge in [0.15, 0.2) is 0 Å². The Morgan fingerprint density at radius 3 is 2.91 bits per heavy atom. The lowest BCUT2D eigenvalue weighted by molar-refractivity contribution is -0.123. The van der Waals surface area contributed by atoms with Crippen LogP contribution in [0.3, 0.4) is 0 Å². The predicted molar refractivity (Wildman–Crippen MR) is 44.5 cm³/mol. The molecule has 0 bridgehead atoms. The number of carbonyl (C=O) groups is 1. The highest BCUT2D eigenvalue weighted by molar-refractivity contribution is 6.38. The van der Waals surface area contributed by atoms with Gasteiger partial charge in [-0.15, -0.1) is 0 Å². The minimum Gasteiger partial charge on any atom is -0.334 e. The Kier molecular flexibility index (Phi) is 2.08. The summed E-state index contributed by atoms with van der Waals surface area (Å²) in [6.07, 6.45) is 3.58. The lowest BCUT2D eigenvalue weighted by atomic mass is 10.3. The van der Waals surface area contributed by atoms with Gasteiger partial charge in [-0.05, 0) is 19.9 Å². The lowest BCUT2D eigenvalue weighted by Gasteiger charge is -2.19. The van der Waals surface area contributed by atoms with Gasteiger partial charge in [0.1, 0.15) is 5.71 Å². The molecule has 60 valence electrons. The summed E-state index contributed by atoms with van der Waals surface area (Å²) in [5.41, 5.74) is 0.549. The number of carbonyl (C=O) groups excluding carboxylic acids is 1. The molecule has 1 amide bonds. The van der Waals surface area contributed by atoms with E-state index in [0.717, 1.165) is 0 Å². The summed E-state index contributed by atoms with van der Waals surface area (Å²) in [5, 5.41) is 0. The molecule has 0 N–H and O–H groups in total. The van der Waals surface area contributed by atoms with E-state index in [1.165, 1.54) is 0 Å². The van der Waals surface area contributed by atoms with Gasteiger partial charge in [0.05, 0.1) is 0 Å². The van der Waals surface area contributed by atoms with Crippen LogP contribution in [0.15, 0.2) is 17.3 Å². The van der Waals surface area contributed by atoms with Gasteiger partial charge in [0.2, 0.25) is 0 Å². The van der Waals surface area contributed by atoms with E-state index in [-0.39, 0.29) is 11.9 Å². The second kappa shape index (κ2) is 2.86. The van der Waals surface area contributed by atoms with Crippen LogP contribution in [0.25, 0.3) is 0 Å². The molecule has 0 aromatic heterocycles. The van der Waals surface area contributed by atoms with Crippen molar-refractivity contribution in [2.75, 3.05) is 7.05 Å². The van der Waals surface area contributed by atoms with Crippen molar-refractivity contribution in [1.82, 2.24) is 4.90 Å². The van der Waals surface area contributed by atoms with E-state index >= 15 is 0 Å². The summed E-state index contributed by atoms with van der Waals surface area (Å²) < 4.78 is 0. The topological polar surface area (TPSA) is 32.7 Å². The highest BCUT2D eigenvalue weighted by Crippen LogP contribution is 2.03. The van der Waals surface area contributed by atoms with Crippen LogP contribution in [-0.2, 0) is 4.79 Å². The molecule has 3 heteroatoms. The molecule has 0 saturated heterocycles. The Morgan fingerprint density at radius 2 is 2.27 bits per heavy atom. The average molecular weight is 152 g/mol. The molecule has 0 aliphatic carbocycles. The Balaban J connectivity index is 2.90. The van der Waals surface area contributed by atoms with Crippen LogP contribution in [0.2, 0.25) is 0 Å². The maximum absolute atomic E-state index is 11.3. The third-order valence-corrected chi connectivity index (χ3v) is 1.87. The third-order valence-electron chi connectivity index (χ3n) is 1.87. The van der Waals surface area contributed by atoms with Crippen molar-refractivity contribution in [2.24, 2.45) is 4.99 Å². The summed E-state index contributed by atoms with van der Waals surface area (Å²) in [7, 11) is 1.78. The molecule has 1 aliphatic rings. The molecule has 1 heterocycles. The maximum Gasteiger partial charge on any atom is 0.268 e. The predicted octanol–water partition coefficient (Wildman–Crippen LogP) is 0.822. The van der Waals surface area contributed by atoms with Gasteiger partial charge in [-0.1, -0.05) is 0 Å². The average Bonchev–Trinajstić information content (AvgIpc) is 2.07. The molecule has 0 saturated carbocycles. The third kappa shape index (κ3) is 1.48. The number of amides is 1. The monoisotopic (exact) mass is 152 g/mol. The highest BCUT2D eigenvalue weighted by Gasteiger charge is 2.17. The molecule has 11 heavy (non-hydrogen) atoms. The van der Waals surface area contributed by atoms with E-state index in [2.05, 4.69) is 4.99 Å². The van der Waals surface area contributed by atoms with Gasteiger partial charge < -0.3 is 4.90 Å². The molecule has 0 aromatic carbocycles. The number of nitrogens with zero attached hydrogens (tertiary/aromatic N) is 2. The molecule has 1 unspecified atom stereocenters. The van der Waals surface area contributed by atoms with E-state index in [4.69, 9.17) is 0 Å². The zero-order chi connectivity index (χ0) is 8.43. The van der Waals surface area contributed by atoms with Crippen LogP contribution in [0.4, 0.5) is 0 Å². The molecule has 1 aliphatic heterocycles. The van der Waals surface area contributed by atoms with Gasteiger partial charge in [-0.3, -0.25) is 9.79 Å². The molecule has 3 nitrogen and oxygen atoms in total. The molecule has 0 fully saturated rings. The minimum absolute atomic E-state index is 0.00231. The minimum atomic E-state index is 0.00231. The fourth-order valence-corrected chi connectivity index (χ4v) is 0.904. The fourth-order valence-electron chi connectivity index (χ4n) is 0.904. The van der Waals surface area contributed by atoms with Crippen LogP contribution < -0.4 is 0 Å². The van der Waals surface area contributed by atoms with Gasteiger partial charge in [-0.25, -0.2) is 0 Å². The first kappa shape index (κ1) is 7.98. The van der Waals surface area contributed by atoms with Crippen LogP contribution in [0.5, 0.6) is 0 Å². The molecule has 1 atom stereocenters. The van der Waals surface area contributed by atoms with Crippen LogP contribution >= 0.6 is 0 Å². The van der Waals surface area contributed by atoms with Gasteiger partial charge in [0, 0.05) is 19.3 Å². The van der Waals surface area contributed by atoms with Crippen LogP contribution in [0.1, 0.15) is 13.8 Å². The lowest BCUT2D eigenvalue weighted by Crippen LogP contribution is -2.36. The van der Waals surface area contributed by atoms with E-state index in [0.29, 0.717) is 5.71 Å². The Labute approximate surface area is 66.4 Å². The van der Waals surface area contributed by atoms with Crippen molar-refractivity contribution in [1.29, 1.82) is 0 Å². The molecule has 0 spiro atoms. The smallest absolute Gasteiger partial charge is 0.268 e. The number of rotatable bonds is 0. The zero-order valence-electron chi connectivity index (χ0n) is 7.03. The maximum atomic E-state index is 11.3. The second-order valence-electron chi connectivity index (χ2n) is 2.71. The Bertz CT molecular complexity index is 230. The first-order valence-electron chi connectivity index (χ1n) is 3.61. The number of hydrogen-bond acceptors (Lipinski definition) is 2. The Hall–Kier alpha value is -1.12. The van der Waals surface area contributed by atoms with Crippen LogP contribution in [-0.4, -0.2) is 29.6 Å². The summed E-state index contributed by atoms with van der Waals surface area (Å²) in [4.78, 5) is 16.9. The molecule has 0 aromatic rings. The standard InChI is InChI=1S/C8H12N2O/c1-6-4-5-9-7(2)8(11)10(6)3/h4-6H,1-3H3. The Morgan fingerprint density at radius 1 is 1.64 bits per heavy atom. The van der Waals surface area contributed by atoms with E-state index in [1.54, 1.807) is 25.1 Å². The van der Waals surface area contributed by atoms with Gasteiger partial charge >= 0.3 is 0 Å². The first-order valence-corrected chi connectivity index (χ1v) is 3.61. The fraction of sp³-hybridized carbons (Fsp3) is 0.500. The van der Waals surface area contributed by atoms with Gasteiger partial charge in [0.25, 0.3) is 5.91 Å². The first-order chi connectivity index (χ1) is 5.13. The van der Waals surface area contributed by atoms with E-state index in [9.17, 15) is 4.79 Å². The van der Waals surface area contributed by atoms with Crippen molar-refractivity contribution in [3.8, 4) is 0 Å². The summed E-state index contributed by atoms with van der Waals surface area (Å²) >= 11 is 0. The summed E-state index contributed by atoms with van der Waals surface area (Å²) in [5.74, 6) is 0.00231. The molecule has 1 rings (SSSR count). The zero-order valence-corrected chi connectivity index (χ0v) is 7.03. The second-order valence-corrected chi connectivity index (χ2v) is 2.71.